The van der Waals surface area contributed by atoms with Gasteiger partial charge in [0.2, 0.25) is 0 Å². The fraction of sp³-hybridized carbons (Fsp3) is 0.462. The van der Waals surface area contributed by atoms with Crippen molar-refractivity contribution < 1.29 is 13.6 Å². The summed E-state index contributed by atoms with van der Waals surface area (Å²) in [7, 11) is 0. The Hall–Kier alpha value is -1.16. The van der Waals surface area contributed by atoms with Crippen LogP contribution < -0.4 is 5.32 Å². The number of halogens is 3. The van der Waals surface area contributed by atoms with E-state index in [9.17, 15) is 13.6 Å². The highest BCUT2D eigenvalue weighted by atomic mass is 35.5. The van der Waals surface area contributed by atoms with Crippen molar-refractivity contribution >= 4 is 17.5 Å². The zero-order chi connectivity index (χ0) is 13.7. The van der Waals surface area contributed by atoms with E-state index in [1.165, 1.54) is 0 Å². The van der Waals surface area contributed by atoms with Gasteiger partial charge in [-0.2, -0.15) is 0 Å². The zero-order valence-electron chi connectivity index (χ0n) is 10.3. The van der Waals surface area contributed by atoms with Gasteiger partial charge in [-0.25, -0.2) is 8.78 Å². The van der Waals surface area contributed by atoms with Crippen LogP contribution in [-0.2, 0) is 0 Å². The molecule has 0 aromatic heterocycles. The number of nitrogens with one attached hydrogen (secondary N) is 1. The lowest BCUT2D eigenvalue weighted by Gasteiger charge is -2.21. The van der Waals surface area contributed by atoms with E-state index in [-0.39, 0.29) is 17.5 Å². The Balaban J connectivity index is 2.83. The highest BCUT2D eigenvalue weighted by Crippen LogP contribution is 2.12. The van der Waals surface area contributed by atoms with Gasteiger partial charge in [-0.05, 0) is 30.5 Å². The summed E-state index contributed by atoms with van der Waals surface area (Å²) < 4.78 is 26.4. The van der Waals surface area contributed by atoms with Gasteiger partial charge >= 0.3 is 0 Å². The number of amides is 1. The van der Waals surface area contributed by atoms with E-state index in [0.29, 0.717) is 12.3 Å². The van der Waals surface area contributed by atoms with Gasteiger partial charge in [0, 0.05) is 11.9 Å². The molecule has 1 amide bonds. The highest BCUT2D eigenvalue weighted by molar-refractivity contribution is 6.17. The molecule has 100 valence electrons. The molecule has 0 aliphatic carbocycles. The number of rotatable bonds is 5. The first kappa shape index (κ1) is 14.9. The molecule has 0 aliphatic rings. The van der Waals surface area contributed by atoms with Crippen LogP contribution >= 0.6 is 11.6 Å². The fourth-order valence-electron chi connectivity index (χ4n) is 1.61. The van der Waals surface area contributed by atoms with E-state index in [0.717, 1.165) is 18.2 Å². The third-order valence-corrected chi connectivity index (χ3v) is 2.93. The lowest BCUT2D eigenvalue weighted by molar-refractivity contribution is 0.0920. The van der Waals surface area contributed by atoms with Crippen LogP contribution in [0.25, 0.3) is 0 Å². The molecule has 1 aromatic carbocycles. The van der Waals surface area contributed by atoms with Crippen molar-refractivity contribution in [3.05, 3.63) is 35.4 Å². The molecule has 18 heavy (non-hydrogen) atoms. The van der Waals surface area contributed by atoms with E-state index in [1.807, 2.05) is 13.8 Å². The van der Waals surface area contributed by atoms with Crippen molar-refractivity contribution in [2.24, 2.45) is 5.92 Å². The molecule has 0 heterocycles. The average molecular weight is 276 g/mol. The predicted octanol–water partition coefficient (Wildman–Crippen LogP) is 3.35. The van der Waals surface area contributed by atoms with Gasteiger partial charge in [-0.1, -0.05) is 13.8 Å². The van der Waals surface area contributed by atoms with E-state index in [1.54, 1.807) is 0 Å². The first-order chi connectivity index (χ1) is 8.45. The predicted molar refractivity (Wildman–Crippen MR) is 67.8 cm³/mol. The van der Waals surface area contributed by atoms with Crippen LogP contribution in [0.3, 0.4) is 0 Å². The molecular formula is C13H16ClF2NO. The van der Waals surface area contributed by atoms with Crippen LogP contribution in [0.4, 0.5) is 8.78 Å². The minimum absolute atomic E-state index is 0.155. The fourth-order valence-corrected chi connectivity index (χ4v) is 1.84. The summed E-state index contributed by atoms with van der Waals surface area (Å²) in [5, 5.41) is 2.67. The Morgan fingerprint density at radius 3 is 2.61 bits per heavy atom. The van der Waals surface area contributed by atoms with E-state index in [2.05, 4.69) is 5.32 Å². The van der Waals surface area contributed by atoms with Crippen molar-refractivity contribution in [3.8, 4) is 0 Å². The van der Waals surface area contributed by atoms with E-state index < -0.39 is 17.5 Å². The molecule has 0 saturated carbocycles. The molecule has 1 aromatic rings. The quantitative estimate of drug-likeness (QED) is 0.821. The van der Waals surface area contributed by atoms with Crippen LogP contribution in [0.2, 0.25) is 0 Å². The molecule has 0 fully saturated rings. The van der Waals surface area contributed by atoms with Gasteiger partial charge in [0.25, 0.3) is 5.91 Å². The van der Waals surface area contributed by atoms with Crippen molar-refractivity contribution in [1.29, 1.82) is 0 Å². The Morgan fingerprint density at radius 1 is 1.39 bits per heavy atom. The third kappa shape index (κ3) is 3.95. The van der Waals surface area contributed by atoms with Gasteiger partial charge < -0.3 is 5.32 Å². The Bertz CT molecular complexity index is 423. The standard InChI is InChI=1S/C13H16ClF2NO/c1-8(2)12(5-6-14)17-13(18)10-7-9(15)3-4-11(10)16/h3-4,7-8,12H,5-6H2,1-2H3,(H,17,18). The van der Waals surface area contributed by atoms with Crippen molar-refractivity contribution in [2.75, 3.05) is 5.88 Å². The van der Waals surface area contributed by atoms with Crippen molar-refractivity contribution in [1.82, 2.24) is 5.32 Å². The summed E-state index contributed by atoms with van der Waals surface area (Å²) in [5.74, 6) is -1.42. The Labute approximate surface area is 110 Å². The molecule has 5 heteroatoms. The second-order valence-electron chi connectivity index (χ2n) is 4.43. The summed E-state index contributed by atoms with van der Waals surface area (Å²) in [6, 6.07) is 2.65. The summed E-state index contributed by atoms with van der Waals surface area (Å²) in [5.41, 5.74) is -0.282. The normalized spacial score (nSPS) is 12.6. The minimum Gasteiger partial charge on any atom is -0.349 e. The highest BCUT2D eigenvalue weighted by Gasteiger charge is 2.19. The number of alkyl halides is 1. The molecule has 1 atom stereocenters. The molecule has 1 N–H and O–H groups in total. The summed E-state index contributed by atoms with van der Waals surface area (Å²) >= 11 is 5.64. The van der Waals surface area contributed by atoms with Crippen LogP contribution in [0.5, 0.6) is 0 Å². The topological polar surface area (TPSA) is 29.1 Å². The van der Waals surface area contributed by atoms with E-state index >= 15 is 0 Å². The molecule has 0 bridgehead atoms. The molecule has 1 unspecified atom stereocenters. The van der Waals surface area contributed by atoms with Crippen LogP contribution in [0.1, 0.15) is 30.6 Å². The van der Waals surface area contributed by atoms with Gasteiger partial charge in [0.05, 0.1) is 5.56 Å². The molecule has 2 nitrogen and oxygen atoms in total. The molecular weight excluding hydrogens is 260 g/mol. The van der Waals surface area contributed by atoms with Gasteiger partial charge in [-0.15, -0.1) is 11.6 Å². The molecule has 0 radical (unpaired) electrons. The van der Waals surface area contributed by atoms with Gasteiger partial charge in [-0.3, -0.25) is 4.79 Å². The van der Waals surface area contributed by atoms with Gasteiger partial charge in [0.1, 0.15) is 11.6 Å². The second kappa shape index (κ2) is 6.69. The Morgan fingerprint density at radius 2 is 2.06 bits per heavy atom. The first-order valence-electron chi connectivity index (χ1n) is 5.77. The number of hydrogen-bond donors (Lipinski definition) is 1. The number of hydrogen-bond acceptors (Lipinski definition) is 1. The van der Waals surface area contributed by atoms with E-state index in [4.69, 9.17) is 11.6 Å². The summed E-state index contributed by atoms with van der Waals surface area (Å²) in [6.07, 6.45) is 0.585. The van der Waals surface area contributed by atoms with Crippen LogP contribution in [0, 0.1) is 17.6 Å². The number of benzene rings is 1. The van der Waals surface area contributed by atoms with Crippen molar-refractivity contribution in [3.63, 3.8) is 0 Å². The van der Waals surface area contributed by atoms with Crippen molar-refractivity contribution in [2.45, 2.75) is 26.3 Å². The number of carbonyl (C=O) groups is 1. The minimum atomic E-state index is -0.734. The molecule has 0 saturated heterocycles. The lowest BCUT2D eigenvalue weighted by Crippen LogP contribution is -2.39. The SMILES string of the molecule is CC(C)C(CCCl)NC(=O)c1cc(F)ccc1F. The summed E-state index contributed by atoms with van der Waals surface area (Å²) in [4.78, 5) is 11.8. The Kier molecular flexibility index (Phi) is 5.54. The maximum atomic E-state index is 13.4. The van der Waals surface area contributed by atoms with Crippen LogP contribution in [0.15, 0.2) is 18.2 Å². The maximum absolute atomic E-state index is 13.4. The smallest absolute Gasteiger partial charge is 0.254 e. The maximum Gasteiger partial charge on any atom is 0.254 e. The average Bonchev–Trinajstić information content (AvgIpc) is 2.31. The first-order valence-corrected chi connectivity index (χ1v) is 6.31. The second-order valence-corrected chi connectivity index (χ2v) is 4.80. The number of carbonyl (C=O) groups excluding carboxylic acids is 1. The zero-order valence-corrected chi connectivity index (χ0v) is 11.1. The monoisotopic (exact) mass is 275 g/mol. The summed E-state index contributed by atoms with van der Waals surface area (Å²) in [6.45, 7) is 3.86. The molecule has 0 spiro atoms. The third-order valence-electron chi connectivity index (χ3n) is 2.71. The molecule has 0 aliphatic heterocycles. The van der Waals surface area contributed by atoms with Gasteiger partial charge in [0.15, 0.2) is 0 Å². The lowest BCUT2D eigenvalue weighted by atomic mass is 10.0. The largest absolute Gasteiger partial charge is 0.349 e. The molecule has 1 rings (SSSR count). The van der Waals surface area contributed by atoms with Crippen LogP contribution in [-0.4, -0.2) is 17.8 Å².